The van der Waals surface area contributed by atoms with Gasteiger partial charge in [-0.3, -0.25) is 68.0 Å². The van der Waals surface area contributed by atoms with Crippen molar-refractivity contribution in [3.8, 4) is 0 Å². The number of aliphatic hydroxyl groups is 5. The zero-order chi connectivity index (χ0) is 83.4. The molecular weight excluding hydrogens is 1580 g/mol. The summed E-state index contributed by atoms with van der Waals surface area (Å²) in [4.78, 5) is 204. The molecule has 18 N–H and O–H groups in total. The zero-order valence-corrected chi connectivity index (χ0v) is 67.1. The molecule has 114 heavy (non-hydrogen) atoms. The van der Waals surface area contributed by atoms with Crippen LogP contribution < -0.4 is 64.2 Å². The number of thioether (sulfide) groups is 1. The lowest BCUT2D eigenvalue weighted by Gasteiger charge is -2.41. The van der Waals surface area contributed by atoms with Gasteiger partial charge in [-0.25, -0.2) is 29.7 Å². The van der Waals surface area contributed by atoms with Crippen LogP contribution in [0.4, 0.5) is 0 Å². The maximum atomic E-state index is 15.4. The monoisotopic (exact) mass is 1660 g/mol. The zero-order valence-electron chi connectivity index (χ0n) is 63.0. The van der Waals surface area contributed by atoms with E-state index in [9.17, 15) is 68.7 Å². The van der Waals surface area contributed by atoms with Crippen LogP contribution in [0.2, 0.25) is 0 Å². The van der Waals surface area contributed by atoms with Crippen molar-refractivity contribution in [1.29, 1.82) is 0 Å². The van der Waals surface area contributed by atoms with Crippen LogP contribution in [-0.4, -0.2) is 198 Å². The highest BCUT2D eigenvalue weighted by Crippen LogP contribution is 2.48. The van der Waals surface area contributed by atoms with Crippen molar-refractivity contribution in [2.24, 2.45) is 21.6 Å². The van der Waals surface area contributed by atoms with Gasteiger partial charge < -0.3 is 89.2 Å². The number of nitrogens with two attached hydrogens (primary N) is 1. The van der Waals surface area contributed by atoms with E-state index in [0.717, 1.165) is 57.1 Å². The molecule has 4 unspecified atom stereocenters. The summed E-state index contributed by atoms with van der Waals surface area (Å²) >= 11 is 4.42. The average Bonchev–Trinajstić information content (AvgIpc) is 1.50. The summed E-state index contributed by atoms with van der Waals surface area (Å²) in [5, 5.41) is 92.2. The van der Waals surface area contributed by atoms with Crippen molar-refractivity contribution >= 4 is 145 Å². The van der Waals surface area contributed by atoms with Gasteiger partial charge >= 0.3 is 5.97 Å². The second-order valence-corrected chi connectivity index (χ2v) is 32.3. The molecule has 11 amide bonds. The summed E-state index contributed by atoms with van der Waals surface area (Å²) in [6, 6.07) is -11.6. The summed E-state index contributed by atoms with van der Waals surface area (Å²) in [6.45, 7) is 24.9. The number of hydrogen-bond acceptors (Lipinski definition) is 31. The summed E-state index contributed by atoms with van der Waals surface area (Å²) in [6.07, 6.45) is -3.18. The first kappa shape index (κ1) is 85.9. The molecule has 5 aliphatic rings. The van der Waals surface area contributed by atoms with Crippen molar-refractivity contribution in [2.75, 3.05) is 5.75 Å². The van der Waals surface area contributed by atoms with E-state index in [1.807, 2.05) is 0 Å². The van der Waals surface area contributed by atoms with E-state index < -0.39 is 196 Å². The lowest BCUT2D eigenvalue weighted by molar-refractivity contribution is -0.131. The smallest absolute Gasteiger partial charge is 0.357 e. The lowest BCUT2D eigenvalue weighted by atomic mass is 9.80. The number of esters is 1. The number of nitrogens with zero attached hydrogens (tertiary/aromatic N) is 7. The maximum Gasteiger partial charge on any atom is 0.357 e. The van der Waals surface area contributed by atoms with E-state index in [-0.39, 0.29) is 94.7 Å². The Morgan fingerprint density at radius 3 is 2.12 bits per heavy atom. The topological polar surface area (TPSA) is 563 Å². The minimum absolute atomic E-state index is 0.0158. The van der Waals surface area contributed by atoms with Crippen molar-refractivity contribution in [1.82, 2.24) is 83.4 Å². The number of rotatable bonds is 12. The van der Waals surface area contributed by atoms with E-state index in [1.54, 1.807) is 26.8 Å². The minimum Gasteiger partial charge on any atom is -0.455 e. The van der Waals surface area contributed by atoms with Gasteiger partial charge in [-0.05, 0) is 85.8 Å². The Morgan fingerprint density at radius 1 is 0.763 bits per heavy atom. The standard InChI is InChI=1S/C72H85N19O18S5/c1-14-26(3)47-63(105)78-30(7)57(99)75-28(5)56(98)76-31(8)58(100)91-72-19-18-40(66-85-43(22-111-66)59(101)77-29(6)55(97)74-27(4)54(73)96)81-52(72)42-21-112-67(83-42)49(34(11)109-69(107)41-20-37(32(9)92)36-16-17-39(79-47)51(95)50(36)80-41)89-60(102)44-24-113-68(86-44)53(71(13,108)35(12)94)90-62(104)45-23-110-65(84-45)38(15-2)82-64(106)48(33(10)93)88-61(103)46-25-114-70(72)87-46/h15-17,20-22,24-26,30-35,39,45,47-49,51-53,79,92-95,108H,4-6,14,18-19,23H2,1-3,7-13H3,(H2,73,96)(H,74,97)(H,75,99)(H,76,98)(H,77,101)(H,78,105)(H,82,106)(H,88,103)(H,89,102)(H,90,104)(H,91,100)/b38-15-/t26-,30-,31-,32-,33+,34+,35+,39?,45+,47?,48?,49-,51?,52+,53+,71+,72+/m0/s1. The number of hydrogen-bond donors (Lipinski definition) is 17. The molecule has 9 heterocycles. The van der Waals surface area contributed by atoms with Crippen LogP contribution in [0.5, 0.6) is 0 Å². The second kappa shape index (κ2) is 35.5. The maximum absolute atomic E-state index is 15.4. The number of carbonyl (C=O) groups is 12. The number of aliphatic hydroxyl groups excluding tert-OH is 4. The molecule has 10 rings (SSSR count). The fourth-order valence-corrected chi connectivity index (χ4v) is 17.2. The van der Waals surface area contributed by atoms with Gasteiger partial charge in [0.1, 0.15) is 113 Å². The summed E-state index contributed by atoms with van der Waals surface area (Å²) in [5.74, 6) is -12.2. The van der Waals surface area contributed by atoms with Gasteiger partial charge in [0.15, 0.2) is 0 Å². The van der Waals surface area contributed by atoms with Gasteiger partial charge in [0.25, 0.3) is 35.4 Å². The summed E-state index contributed by atoms with van der Waals surface area (Å²) < 4.78 is 6.26. The predicted octanol–water partition coefficient (Wildman–Crippen LogP) is 0.774. The van der Waals surface area contributed by atoms with E-state index in [0.29, 0.717) is 6.42 Å². The molecule has 17 atom stereocenters. The van der Waals surface area contributed by atoms with Crippen LogP contribution in [0, 0.1) is 5.92 Å². The largest absolute Gasteiger partial charge is 0.455 e. The normalized spacial score (nSPS) is 26.9. The number of aliphatic imine (C=N–C) groups is 2. The van der Waals surface area contributed by atoms with Crippen LogP contribution in [0.3, 0.4) is 0 Å². The first-order chi connectivity index (χ1) is 53.7. The number of fused-ring (bicyclic) bond motifs is 7. The Labute approximate surface area is 671 Å². The quantitative estimate of drug-likeness (QED) is 0.0606. The molecule has 0 radical (unpaired) electrons. The highest BCUT2D eigenvalue weighted by Gasteiger charge is 2.51. The Balaban J connectivity index is 1.18. The highest BCUT2D eigenvalue weighted by molar-refractivity contribution is 8.14. The third-order valence-electron chi connectivity index (χ3n) is 19.5. The number of ether oxygens (including phenoxy) is 1. The molecule has 0 saturated carbocycles. The first-order valence-electron chi connectivity index (χ1n) is 35.6. The number of thiazole rings is 4. The molecule has 0 saturated heterocycles. The highest BCUT2D eigenvalue weighted by atomic mass is 32.2. The van der Waals surface area contributed by atoms with Crippen LogP contribution in [0.25, 0.3) is 6.08 Å². The fraction of sp³-hybridized carbons (Fsp3) is 0.431. The molecule has 37 nitrogen and oxygen atoms in total. The van der Waals surface area contributed by atoms with Crippen molar-refractivity contribution in [2.45, 2.75) is 185 Å². The third kappa shape index (κ3) is 18.6. The van der Waals surface area contributed by atoms with Gasteiger partial charge in [0, 0.05) is 32.8 Å². The van der Waals surface area contributed by atoms with Gasteiger partial charge in [0.05, 0.1) is 70.3 Å². The Morgan fingerprint density at radius 2 is 1.45 bits per heavy atom. The molecule has 5 aromatic rings. The minimum atomic E-state index is -2.21. The van der Waals surface area contributed by atoms with Crippen LogP contribution in [0.1, 0.15) is 203 Å². The second-order valence-electron chi connectivity index (χ2n) is 27.8. The molecule has 4 aliphatic heterocycles. The SMILES string of the molecule is C=C(NC(=O)C(=C)NC(=O)c1csc(C2=N[C@@H]3c4csc(n4)[C@H]4NC(=O)c5csc(n5)[C@H]([C@](C)(O)[C@@H](C)O)NC(=O)[C@H]5CSC(=N5)/C(=C/C)NC(=O)C([C@@H](C)O)NC(=O)c5csc(n5)[C@]3(CC2)NC(=O)[C@H](C)NC(=O)C(=C)NC(=O)[C@H](C)NC(=O)C([C@@H](C)CC)NC2C=Cc3c([C@H](C)O)cc(nc3C2O)C(=O)O[C@@H]4C)n1)C(N)=O. The molecule has 5 aromatic heterocycles. The van der Waals surface area contributed by atoms with E-state index in [2.05, 4.69) is 98.2 Å². The Bertz CT molecular complexity index is 4880. The fourth-order valence-electron chi connectivity index (χ4n) is 12.3. The van der Waals surface area contributed by atoms with E-state index >= 15 is 14.4 Å². The number of pyridine rings is 1. The molecule has 42 heteroatoms. The van der Waals surface area contributed by atoms with Gasteiger partial charge in [0.2, 0.25) is 29.5 Å². The number of nitrogens with one attached hydrogen (secondary N) is 11. The lowest BCUT2D eigenvalue weighted by Crippen LogP contribution is -2.57. The number of amides is 11. The molecule has 606 valence electrons. The van der Waals surface area contributed by atoms with Crippen LogP contribution in [-0.2, 0) is 48.6 Å². The summed E-state index contributed by atoms with van der Waals surface area (Å²) in [7, 11) is 0. The average molecular weight is 1660 g/mol. The van der Waals surface area contributed by atoms with Crippen molar-refractivity contribution in [3.05, 3.63) is 148 Å². The number of carbonyl (C=O) groups excluding carboxylic acids is 12. The molecular formula is C72H85N19O18S5. The van der Waals surface area contributed by atoms with E-state index in [1.165, 1.54) is 88.2 Å². The molecule has 1 aliphatic carbocycles. The first-order valence-corrected chi connectivity index (χ1v) is 40.1. The van der Waals surface area contributed by atoms with Gasteiger partial charge in [-0.1, -0.05) is 58.2 Å². The predicted molar refractivity (Wildman–Crippen MR) is 418 cm³/mol. The number of aromatic nitrogens is 5. The van der Waals surface area contributed by atoms with E-state index in [4.69, 9.17) is 25.4 Å². The molecule has 13 bridgehead atoms. The van der Waals surface area contributed by atoms with Gasteiger partial charge in [-0.15, -0.1) is 57.1 Å². The summed E-state index contributed by atoms with van der Waals surface area (Å²) in [5.41, 5.74) is -1.79. The van der Waals surface area contributed by atoms with Gasteiger partial charge in [-0.2, -0.15) is 0 Å². The van der Waals surface area contributed by atoms with Crippen LogP contribution >= 0.6 is 57.1 Å². The van der Waals surface area contributed by atoms with Crippen molar-refractivity contribution in [3.63, 3.8) is 0 Å². The third-order valence-corrected chi connectivity index (χ3v) is 24.3. The number of primary amides is 1. The molecule has 0 spiro atoms. The number of allylic oxidation sites excluding steroid dienone is 1. The Hall–Kier alpha value is -10.5. The Kier molecular flexibility index (Phi) is 26.7. The van der Waals surface area contributed by atoms with Crippen LogP contribution in [0.15, 0.2) is 92.2 Å². The number of cyclic esters (lactones) is 1. The molecule has 0 fully saturated rings. The molecule has 0 aromatic carbocycles. The van der Waals surface area contributed by atoms with Crippen molar-refractivity contribution < 1.29 is 87.8 Å².